The van der Waals surface area contributed by atoms with Gasteiger partial charge in [-0.2, -0.15) is 4.31 Å². The van der Waals surface area contributed by atoms with Crippen LogP contribution in [0.1, 0.15) is 11.1 Å². The van der Waals surface area contributed by atoms with E-state index >= 15 is 0 Å². The fourth-order valence-electron chi connectivity index (χ4n) is 3.34. The molecular weight excluding hydrogens is 400 g/mol. The van der Waals surface area contributed by atoms with Gasteiger partial charge in [0.15, 0.2) is 6.61 Å². The molecule has 0 atom stereocenters. The van der Waals surface area contributed by atoms with Crippen molar-refractivity contribution >= 4 is 21.6 Å². The molecule has 0 bridgehead atoms. The van der Waals surface area contributed by atoms with Crippen molar-refractivity contribution in [1.29, 1.82) is 0 Å². The number of carbonyl (C=O) groups is 1. The average molecular weight is 423 g/mol. The Morgan fingerprint density at radius 2 is 1.57 bits per heavy atom. The van der Waals surface area contributed by atoms with Crippen LogP contribution >= 0.6 is 0 Å². The normalized spacial score (nSPS) is 13.4. The standard InChI is InChI=1S/C23H22N2O4S/c26-23-17-29-22-12-11-20(15-21(22)24-23)30(27,28)25(16-19-9-5-2-6-10-19)14-13-18-7-3-1-4-8-18/h1-12,15H,13-14,16-17H2,(H,24,26). The molecule has 0 aromatic heterocycles. The molecule has 1 N–H and O–H groups in total. The highest BCUT2D eigenvalue weighted by atomic mass is 32.2. The van der Waals surface area contributed by atoms with Gasteiger partial charge in [-0.25, -0.2) is 8.42 Å². The highest BCUT2D eigenvalue weighted by Crippen LogP contribution is 2.31. The zero-order valence-corrected chi connectivity index (χ0v) is 17.1. The molecule has 0 radical (unpaired) electrons. The molecule has 7 heteroatoms. The lowest BCUT2D eigenvalue weighted by Gasteiger charge is -2.24. The smallest absolute Gasteiger partial charge is 0.262 e. The van der Waals surface area contributed by atoms with Gasteiger partial charge in [0.1, 0.15) is 5.75 Å². The van der Waals surface area contributed by atoms with E-state index in [1.807, 2.05) is 60.7 Å². The minimum atomic E-state index is -3.79. The van der Waals surface area contributed by atoms with Crippen LogP contribution in [0.3, 0.4) is 0 Å². The van der Waals surface area contributed by atoms with Crippen LogP contribution in [-0.2, 0) is 27.8 Å². The maximum Gasteiger partial charge on any atom is 0.262 e. The van der Waals surface area contributed by atoms with Crippen molar-refractivity contribution in [3.05, 3.63) is 90.0 Å². The van der Waals surface area contributed by atoms with Crippen LogP contribution in [-0.4, -0.2) is 31.8 Å². The second kappa shape index (κ2) is 8.69. The Labute approximate surface area is 176 Å². The summed E-state index contributed by atoms with van der Waals surface area (Å²) in [5.74, 6) is 0.162. The minimum Gasteiger partial charge on any atom is -0.482 e. The van der Waals surface area contributed by atoms with Gasteiger partial charge in [0, 0.05) is 13.1 Å². The summed E-state index contributed by atoms with van der Waals surface area (Å²) >= 11 is 0. The molecule has 0 aliphatic carbocycles. The quantitative estimate of drug-likeness (QED) is 0.633. The Hall–Kier alpha value is -3.16. The van der Waals surface area contributed by atoms with Gasteiger partial charge in [-0.3, -0.25) is 4.79 Å². The van der Waals surface area contributed by atoms with Crippen molar-refractivity contribution in [1.82, 2.24) is 4.31 Å². The third-order valence-electron chi connectivity index (χ3n) is 4.92. The summed E-state index contributed by atoms with van der Waals surface area (Å²) in [6.45, 7) is 0.521. The molecule has 6 nitrogen and oxygen atoms in total. The second-order valence-corrected chi connectivity index (χ2v) is 8.99. The van der Waals surface area contributed by atoms with Crippen molar-refractivity contribution in [2.24, 2.45) is 0 Å². The number of sulfonamides is 1. The maximum atomic E-state index is 13.5. The van der Waals surface area contributed by atoms with Gasteiger partial charge in [-0.15, -0.1) is 0 Å². The summed E-state index contributed by atoms with van der Waals surface area (Å²) in [5.41, 5.74) is 2.34. The van der Waals surface area contributed by atoms with Gasteiger partial charge in [-0.1, -0.05) is 60.7 Å². The average Bonchev–Trinajstić information content (AvgIpc) is 2.77. The number of nitrogens with zero attached hydrogens (tertiary/aromatic N) is 1. The second-order valence-electron chi connectivity index (χ2n) is 7.05. The summed E-state index contributed by atoms with van der Waals surface area (Å²) in [7, 11) is -3.79. The third kappa shape index (κ3) is 4.53. The van der Waals surface area contributed by atoms with Crippen LogP contribution in [0.5, 0.6) is 5.75 Å². The first kappa shape index (κ1) is 20.1. The zero-order chi connectivity index (χ0) is 21.0. The SMILES string of the molecule is O=C1COc2ccc(S(=O)(=O)N(CCc3ccccc3)Cc3ccccc3)cc2N1. The molecule has 1 heterocycles. The molecule has 4 rings (SSSR count). The van der Waals surface area contributed by atoms with Gasteiger partial charge >= 0.3 is 0 Å². The lowest BCUT2D eigenvalue weighted by atomic mass is 10.1. The van der Waals surface area contributed by atoms with Crippen molar-refractivity contribution in [2.45, 2.75) is 17.9 Å². The van der Waals surface area contributed by atoms with E-state index in [1.165, 1.54) is 16.4 Å². The van der Waals surface area contributed by atoms with E-state index in [1.54, 1.807) is 6.07 Å². The fourth-order valence-corrected chi connectivity index (χ4v) is 4.80. The highest BCUT2D eigenvalue weighted by Gasteiger charge is 2.27. The van der Waals surface area contributed by atoms with Crippen LogP contribution in [0, 0.1) is 0 Å². The van der Waals surface area contributed by atoms with E-state index in [0.29, 0.717) is 24.4 Å². The van der Waals surface area contributed by atoms with Crippen LogP contribution in [0.15, 0.2) is 83.8 Å². The van der Waals surface area contributed by atoms with E-state index in [-0.39, 0.29) is 24.0 Å². The number of carbonyl (C=O) groups excluding carboxylic acids is 1. The van der Waals surface area contributed by atoms with Crippen LogP contribution in [0.25, 0.3) is 0 Å². The number of hydrogen-bond acceptors (Lipinski definition) is 4. The predicted molar refractivity (Wildman–Crippen MR) is 115 cm³/mol. The molecule has 1 aliphatic rings. The van der Waals surface area contributed by atoms with Crippen LogP contribution in [0.2, 0.25) is 0 Å². The molecule has 1 aliphatic heterocycles. The summed E-state index contributed by atoms with van der Waals surface area (Å²) in [4.78, 5) is 11.7. The largest absolute Gasteiger partial charge is 0.482 e. The van der Waals surface area contributed by atoms with E-state index in [2.05, 4.69) is 5.32 Å². The number of amides is 1. The zero-order valence-electron chi connectivity index (χ0n) is 16.3. The van der Waals surface area contributed by atoms with E-state index in [4.69, 9.17) is 4.74 Å². The van der Waals surface area contributed by atoms with Crippen LogP contribution in [0.4, 0.5) is 5.69 Å². The minimum absolute atomic E-state index is 0.0731. The van der Waals surface area contributed by atoms with Crippen molar-refractivity contribution < 1.29 is 17.9 Å². The molecule has 0 unspecified atom stereocenters. The van der Waals surface area contributed by atoms with E-state index < -0.39 is 10.0 Å². The molecule has 154 valence electrons. The number of hydrogen-bond donors (Lipinski definition) is 1. The Balaban J connectivity index is 1.64. The lowest BCUT2D eigenvalue weighted by molar-refractivity contribution is -0.118. The first-order chi connectivity index (χ1) is 14.5. The maximum absolute atomic E-state index is 13.5. The first-order valence-corrected chi connectivity index (χ1v) is 11.1. The van der Waals surface area contributed by atoms with Gasteiger partial charge in [-0.05, 0) is 35.7 Å². The summed E-state index contributed by atoms with van der Waals surface area (Å²) in [6, 6.07) is 23.9. The summed E-state index contributed by atoms with van der Waals surface area (Å²) < 4.78 is 33.8. The monoisotopic (exact) mass is 422 g/mol. The van der Waals surface area contributed by atoms with Crippen molar-refractivity contribution in [3.63, 3.8) is 0 Å². The van der Waals surface area contributed by atoms with E-state index in [0.717, 1.165) is 11.1 Å². The number of benzene rings is 3. The fraction of sp³-hybridized carbons (Fsp3) is 0.174. The molecule has 0 saturated heterocycles. The number of fused-ring (bicyclic) bond motifs is 1. The first-order valence-electron chi connectivity index (χ1n) is 9.67. The van der Waals surface area contributed by atoms with Crippen LogP contribution < -0.4 is 10.1 Å². The van der Waals surface area contributed by atoms with E-state index in [9.17, 15) is 13.2 Å². The number of anilines is 1. The molecule has 0 saturated carbocycles. The Morgan fingerprint density at radius 3 is 2.27 bits per heavy atom. The summed E-state index contributed by atoms with van der Waals surface area (Å²) in [5, 5.41) is 2.67. The number of rotatable bonds is 7. The van der Waals surface area contributed by atoms with Gasteiger partial charge in [0.05, 0.1) is 10.6 Å². The van der Waals surface area contributed by atoms with Crippen molar-refractivity contribution in [2.75, 3.05) is 18.5 Å². The number of nitrogens with one attached hydrogen (secondary N) is 1. The van der Waals surface area contributed by atoms with Gasteiger partial charge in [0.25, 0.3) is 5.91 Å². The Morgan fingerprint density at radius 1 is 0.900 bits per heavy atom. The molecule has 0 fully saturated rings. The molecule has 30 heavy (non-hydrogen) atoms. The molecule has 3 aromatic rings. The number of ether oxygens (including phenoxy) is 1. The highest BCUT2D eigenvalue weighted by molar-refractivity contribution is 7.89. The van der Waals surface area contributed by atoms with Gasteiger partial charge < -0.3 is 10.1 Å². The molecule has 1 amide bonds. The molecular formula is C23H22N2O4S. The Bertz CT molecular complexity index is 1130. The summed E-state index contributed by atoms with van der Waals surface area (Å²) in [6.07, 6.45) is 0.595. The van der Waals surface area contributed by atoms with Crippen molar-refractivity contribution in [3.8, 4) is 5.75 Å². The predicted octanol–water partition coefficient (Wildman–Crippen LogP) is 3.45. The molecule has 0 spiro atoms. The molecule has 3 aromatic carbocycles. The topological polar surface area (TPSA) is 75.7 Å². The Kier molecular flexibility index (Phi) is 5.83. The lowest BCUT2D eigenvalue weighted by Crippen LogP contribution is -2.33. The third-order valence-corrected chi connectivity index (χ3v) is 6.76. The van der Waals surface area contributed by atoms with Gasteiger partial charge in [0.2, 0.25) is 10.0 Å².